The summed E-state index contributed by atoms with van der Waals surface area (Å²) < 4.78 is 0. The molecule has 0 fully saturated rings. The molecule has 4 nitrogen and oxygen atoms in total. The van der Waals surface area contributed by atoms with E-state index in [9.17, 15) is 0 Å². The van der Waals surface area contributed by atoms with E-state index in [4.69, 9.17) is 11.0 Å². The lowest BCUT2D eigenvalue weighted by Crippen LogP contribution is -2.02. The number of rotatable bonds is 2. The van der Waals surface area contributed by atoms with Gasteiger partial charge in [-0.25, -0.2) is 4.98 Å². The van der Waals surface area contributed by atoms with Crippen molar-refractivity contribution in [2.75, 3.05) is 11.1 Å². The molecule has 0 unspecified atom stereocenters. The van der Waals surface area contributed by atoms with Crippen molar-refractivity contribution in [2.24, 2.45) is 0 Å². The van der Waals surface area contributed by atoms with E-state index in [0.29, 0.717) is 17.1 Å². The van der Waals surface area contributed by atoms with E-state index >= 15 is 0 Å². The Morgan fingerprint density at radius 2 is 2.00 bits per heavy atom. The Labute approximate surface area is 106 Å². The molecule has 3 N–H and O–H groups in total. The van der Waals surface area contributed by atoms with Crippen LogP contribution in [0.2, 0.25) is 0 Å². The Kier molecular flexibility index (Phi) is 3.16. The molecule has 0 aliphatic rings. The minimum Gasteiger partial charge on any atom is -0.396 e. The average Bonchev–Trinajstić information content (AvgIpc) is 2.34. The van der Waals surface area contributed by atoms with E-state index in [1.54, 1.807) is 6.07 Å². The van der Waals surface area contributed by atoms with Crippen LogP contribution in [-0.4, -0.2) is 4.98 Å². The van der Waals surface area contributed by atoms with Crippen LogP contribution in [0.1, 0.15) is 16.8 Å². The van der Waals surface area contributed by atoms with Gasteiger partial charge in [0.15, 0.2) is 5.82 Å². The van der Waals surface area contributed by atoms with E-state index < -0.39 is 0 Å². The van der Waals surface area contributed by atoms with Crippen LogP contribution in [0.5, 0.6) is 0 Å². The molecular formula is C14H14N4. The highest BCUT2D eigenvalue weighted by Gasteiger charge is 2.07. The summed E-state index contributed by atoms with van der Waals surface area (Å²) in [5, 5.41) is 12.3. The van der Waals surface area contributed by atoms with Gasteiger partial charge in [0.1, 0.15) is 6.07 Å². The highest BCUT2D eigenvalue weighted by Crippen LogP contribution is 2.25. The van der Waals surface area contributed by atoms with Gasteiger partial charge in [0.2, 0.25) is 0 Å². The zero-order valence-electron chi connectivity index (χ0n) is 10.4. The van der Waals surface area contributed by atoms with Gasteiger partial charge >= 0.3 is 0 Å². The monoisotopic (exact) mass is 238 g/mol. The molecule has 1 heterocycles. The predicted octanol–water partition coefficient (Wildman–Crippen LogP) is 2.90. The van der Waals surface area contributed by atoms with Gasteiger partial charge in [-0.2, -0.15) is 5.26 Å². The second kappa shape index (κ2) is 4.76. The molecule has 0 aliphatic heterocycles. The molecule has 0 amide bonds. The summed E-state index contributed by atoms with van der Waals surface area (Å²) in [6.45, 7) is 3.79. The Hall–Kier alpha value is -2.54. The fourth-order valence-corrected chi connectivity index (χ4v) is 1.72. The van der Waals surface area contributed by atoms with Gasteiger partial charge in [-0.05, 0) is 37.6 Å². The summed E-state index contributed by atoms with van der Waals surface area (Å²) in [6, 6.07) is 11.5. The normalized spacial score (nSPS) is 9.83. The lowest BCUT2D eigenvalue weighted by Gasteiger charge is -2.11. The highest BCUT2D eigenvalue weighted by atomic mass is 15.0. The van der Waals surface area contributed by atoms with E-state index in [1.807, 2.05) is 38.1 Å². The smallest absolute Gasteiger partial charge is 0.153 e. The standard InChI is InChI=1S/C14H14N4/c1-9-4-3-5-13(11(9)8-15)18-14-12(16)7-6-10(2)17-14/h3-7H,16H2,1-2H3,(H,17,18). The molecule has 18 heavy (non-hydrogen) atoms. The Morgan fingerprint density at radius 3 is 2.72 bits per heavy atom. The molecule has 0 atom stereocenters. The summed E-state index contributed by atoms with van der Waals surface area (Å²) >= 11 is 0. The van der Waals surface area contributed by atoms with E-state index in [0.717, 1.165) is 16.9 Å². The van der Waals surface area contributed by atoms with Crippen molar-refractivity contribution < 1.29 is 0 Å². The van der Waals surface area contributed by atoms with Crippen molar-refractivity contribution in [3.63, 3.8) is 0 Å². The largest absolute Gasteiger partial charge is 0.396 e. The number of nitrogens with one attached hydrogen (secondary N) is 1. The number of anilines is 3. The molecule has 1 aromatic carbocycles. The molecule has 2 aromatic rings. The second-order valence-electron chi connectivity index (χ2n) is 4.12. The van der Waals surface area contributed by atoms with Crippen molar-refractivity contribution in [1.29, 1.82) is 5.26 Å². The fraction of sp³-hybridized carbons (Fsp3) is 0.143. The maximum atomic E-state index is 9.16. The number of nitrogen functional groups attached to an aromatic ring is 1. The minimum absolute atomic E-state index is 0.561. The molecule has 0 radical (unpaired) electrons. The zero-order chi connectivity index (χ0) is 13.1. The molecule has 0 saturated carbocycles. The third kappa shape index (κ3) is 2.25. The Morgan fingerprint density at radius 1 is 1.22 bits per heavy atom. The number of benzene rings is 1. The van der Waals surface area contributed by atoms with E-state index in [-0.39, 0.29) is 0 Å². The quantitative estimate of drug-likeness (QED) is 0.843. The number of nitrogens with zero attached hydrogens (tertiary/aromatic N) is 2. The van der Waals surface area contributed by atoms with Crippen LogP contribution in [0.4, 0.5) is 17.2 Å². The Balaban J connectivity index is 2.44. The third-order valence-corrected chi connectivity index (χ3v) is 2.70. The second-order valence-corrected chi connectivity index (χ2v) is 4.12. The van der Waals surface area contributed by atoms with E-state index in [2.05, 4.69) is 16.4 Å². The van der Waals surface area contributed by atoms with Crippen LogP contribution in [0, 0.1) is 25.2 Å². The summed E-state index contributed by atoms with van der Waals surface area (Å²) in [6.07, 6.45) is 0. The minimum atomic E-state index is 0.561. The number of pyridine rings is 1. The first-order valence-corrected chi connectivity index (χ1v) is 5.61. The zero-order valence-corrected chi connectivity index (χ0v) is 10.4. The predicted molar refractivity (Wildman–Crippen MR) is 72.6 cm³/mol. The van der Waals surface area contributed by atoms with E-state index in [1.165, 1.54) is 0 Å². The van der Waals surface area contributed by atoms with Gasteiger partial charge in [0, 0.05) is 5.69 Å². The summed E-state index contributed by atoms with van der Waals surface area (Å²) in [5.41, 5.74) is 9.55. The number of nitriles is 1. The molecular weight excluding hydrogens is 224 g/mol. The van der Waals surface area contributed by atoms with Gasteiger partial charge in [-0.1, -0.05) is 12.1 Å². The van der Waals surface area contributed by atoms with Crippen molar-refractivity contribution in [3.05, 3.63) is 47.2 Å². The molecule has 90 valence electrons. The van der Waals surface area contributed by atoms with Crippen LogP contribution in [0.25, 0.3) is 0 Å². The molecule has 0 bridgehead atoms. The highest BCUT2D eigenvalue weighted by molar-refractivity contribution is 5.73. The molecule has 4 heteroatoms. The average molecular weight is 238 g/mol. The van der Waals surface area contributed by atoms with Crippen LogP contribution in [0.15, 0.2) is 30.3 Å². The number of aromatic nitrogens is 1. The topological polar surface area (TPSA) is 74.7 Å². The first kappa shape index (κ1) is 11.9. The van der Waals surface area contributed by atoms with Crippen molar-refractivity contribution in [1.82, 2.24) is 4.98 Å². The maximum Gasteiger partial charge on any atom is 0.153 e. The van der Waals surface area contributed by atoms with Crippen LogP contribution < -0.4 is 11.1 Å². The number of hydrogen-bond acceptors (Lipinski definition) is 4. The van der Waals surface area contributed by atoms with Gasteiger partial charge in [-0.3, -0.25) is 0 Å². The fourth-order valence-electron chi connectivity index (χ4n) is 1.72. The molecule has 0 spiro atoms. The first-order chi connectivity index (χ1) is 8.61. The van der Waals surface area contributed by atoms with Crippen LogP contribution in [-0.2, 0) is 0 Å². The first-order valence-electron chi connectivity index (χ1n) is 5.61. The molecule has 0 aliphatic carbocycles. The summed E-state index contributed by atoms with van der Waals surface area (Å²) in [5.74, 6) is 0.581. The third-order valence-electron chi connectivity index (χ3n) is 2.70. The Bertz CT molecular complexity index is 626. The number of nitrogens with two attached hydrogens (primary N) is 1. The molecule has 2 rings (SSSR count). The van der Waals surface area contributed by atoms with Gasteiger partial charge in [-0.15, -0.1) is 0 Å². The van der Waals surface area contributed by atoms with Crippen molar-refractivity contribution >= 4 is 17.2 Å². The number of aryl methyl sites for hydroxylation is 2. The summed E-state index contributed by atoms with van der Waals surface area (Å²) in [4.78, 5) is 4.33. The van der Waals surface area contributed by atoms with Gasteiger partial charge < -0.3 is 11.1 Å². The van der Waals surface area contributed by atoms with Gasteiger partial charge in [0.25, 0.3) is 0 Å². The van der Waals surface area contributed by atoms with Crippen LogP contribution in [0.3, 0.4) is 0 Å². The SMILES string of the molecule is Cc1ccc(N)c(Nc2cccc(C)c2C#N)n1. The van der Waals surface area contributed by atoms with Crippen molar-refractivity contribution in [3.8, 4) is 6.07 Å². The molecule has 1 aromatic heterocycles. The lowest BCUT2D eigenvalue weighted by atomic mass is 10.1. The molecule has 0 saturated heterocycles. The van der Waals surface area contributed by atoms with Crippen molar-refractivity contribution in [2.45, 2.75) is 13.8 Å². The lowest BCUT2D eigenvalue weighted by molar-refractivity contribution is 1.20. The summed E-state index contributed by atoms with van der Waals surface area (Å²) in [7, 11) is 0. The maximum absolute atomic E-state index is 9.16. The van der Waals surface area contributed by atoms with Gasteiger partial charge in [0.05, 0.1) is 16.9 Å². The van der Waals surface area contributed by atoms with Crippen LogP contribution >= 0.6 is 0 Å². The number of hydrogen-bond donors (Lipinski definition) is 2.